The zero-order valence-electron chi connectivity index (χ0n) is 21.6. The van der Waals surface area contributed by atoms with Crippen molar-refractivity contribution in [2.24, 2.45) is 5.92 Å². The van der Waals surface area contributed by atoms with Crippen LogP contribution in [-0.2, 0) is 9.47 Å². The Bertz CT molecular complexity index is 1260. The highest BCUT2D eigenvalue weighted by Crippen LogP contribution is 2.38. The number of halogens is 2. The van der Waals surface area contributed by atoms with Crippen molar-refractivity contribution in [3.05, 3.63) is 51.7 Å². The number of carbonyl (C=O) groups is 1. The lowest BCUT2D eigenvalue weighted by atomic mass is 9.95. The summed E-state index contributed by atoms with van der Waals surface area (Å²) in [5, 5.41) is 2.93. The summed E-state index contributed by atoms with van der Waals surface area (Å²) in [6.07, 6.45) is 6.15. The summed E-state index contributed by atoms with van der Waals surface area (Å²) in [6, 6.07) is 9.09. The Hall–Kier alpha value is -2.49. The smallest absolute Gasteiger partial charge is 0.262 e. The molecule has 1 saturated carbocycles. The Morgan fingerprint density at radius 1 is 1.14 bits per heavy atom. The van der Waals surface area contributed by atoms with E-state index in [-0.39, 0.29) is 17.9 Å². The molecule has 198 valence electrons. The van der Waals surface area contributed by atoms with Crippen LogP contribution in [0.3, 0.4) is 0 Å². The van der Waals surface area contributed by atoms with Gasteiger partial charge in [0.2, 0.25) is 5.95 Å². The fourth-order valence-corrected chi connectivity index (χ4v) is 6.49. The molecule has 0 spiro atoms. The van der Waals surface area contributed by atoms with Crippen molar-refractivity contribution in [3.8, 4) is 0 Å². The maximum Gasteiger partial charge on any atom is 0.262 e. The van der Waals surface area contributed by atoms with Gasteiger partial charge in [-0.05, 0) is 78.4 Å². The first kappa shape index (κ1) is 26.1. The minimum Gasteiger partial charge on any atom is -0.371 e. The number of imidazole rings is 1. The van der Waals surface area contributed by atoms with Gasteiger partial charge in [0, 0.05) is 49.4 Å². The summed E-state index contributed by atoms with van der Waals surface area (Å²) in [6.45, 7) is 3.95. The van der Waals surface area contributed by atoms with Gasteiger partial charge in [0.25, 0.3) is 5.91 Å². The van der Waals surface area contributed by atoms with Gasteiger partial charge in [0.05, 0.1) is 16.6 Å². The Morgan fingerprint density at radius 3 is 2.49 bits per heavy atom. The minimum absolute atomic E-state index is 0.0160. The molecule has 0 radical (unpaired) electrons. The first-order valence-electron chi connectivity index (χ1n) is 13.0. The van der Waals surface area contributed by atoms with E-state index in [1.54, 1.807) is 26.4 Å². The summed E-state index contributed by atoms with van der Waals surface area (Å²) in [5.41, 5.74) is 4.16. The van der Waals surface area contributed by atoms with Gasteiger partial charge >= 0.3 is 0 Å². The molecular weight excluding hydrogens is 539 g/mol. The second kappa shape index (κ2) is 11.1. The summed E-state index contributed by atoms with van der Waals surface area (Å²) >= 11 is 3.32. The van der Waals surface area contributed by atoms with E-state index in [1.807, 2.05) is 0 Å². The lowest BCUT2D eigenvalue weighted by Gasteiger charge is -2.36. The third kappa shape index (κ3) is 5.13. The molecule has 1 aliphatic carbocycles. The van der Waals surface area contributed by atoms with E-state index in [4.69, 9.17) is 14.5 Å². The number of aryl methyl sites for hydroxylation is 1. The van der Waals surface area contributed by atoms with Crippen LogP contribution in [0.2, 0.25) is 0 Å². The van der Waals surface area contributed by atoms with Crippen LogP contribution >= 0.6 is 15.9 Å². The number of carbonyl (C=O) groups excluding carboxylic acids is 1. The van der Waals surface area contributed by atoms with Crippen molar-refractivity contribution in [2.75, 3.05) is 37.5 Å². The first-order valence-corrected chi connectivity index (χ1v) is 13.8. The quantitative estimate of drug-likeness (QED) is 0.329. The van der Waals surface area contributed by atoms with Gasteiger partial charge in [-0.1, -0.05) is 18.9 Å². The van der Waals surface area contributed by atoms with Crippen molar-refractivity contribution < 1.29 is 18.7 Å². The van der Waals surface area contributed by atoms with E-state index in [0.29, 0.717) is 16.3 Å². The highest BCUT2D eigenvalue weighted by Gasteiger charge is 2.29. The van der Waals surface area contributed by atoms with Crippen molar-refractivity contribution >= 4 is 44.5 Å². The molecule has 2 aromatic carbocycles. The molecular formula is C28H34BrFN4O3. The van der Waals surface area contributed by atoms with Gasteiger partial charge in [-0.15, -0.1) is 0 Å². The molecule has 2 fully saturated rings. The number of ether oxygens (including phenoxy) is 2. The zero-order valence-corrected chi connectivity index (χ0v) is 23.2. The molecule has 1 N–H and O–H groups in total. The number of rotatable bonds is 7. The average Bonchev–Trinajstić information content (AvgIpc) is 3.52. The number of benzene rings is 2. The van der Waals surface area contributed by atoms with Crippen molar-refractivity contribution in [2.45, 2.75) is 57.8 Å². The van der Waals surface area contributed by atoms with Gasteiger partial charge in [-0.25, -0.2) is 9.37 Å². The molecule has 2 aliphatic rings. The molecule has 0 bridgehead atoms. The molecule has 0 atom stereocenters. The number of nitrogens with zero attached hydrogens (tertiary/aromatic N) is 3. The Balaban J connectivity index is 1.48. The molecule has 2 heterocycles. The van der Waals surface area contributed by atoms with Crippen molar-refractivity contribution in [1.82, 2.24) is 9.55 Å². The minimum atomic E-state index is -0.568. The van der Waals surface area contributed by atoms with Crippen LogP contribution in [0.4, 0.5) is 16.0 Å². The number of anilines is 2. The topological polar surface area (TPSA) is 68.6 Å². The molecule has 3 aromatic rings. The highest BCUT2D eigenvalue weighted by molar-refractivity contribution is 9.10. The number of piperidine rings is 1. The second-order valence-electron chi connectivity index (χ2n) is 10.1. The van der Waals surface area contributed by atoms with Gasteiger partial charge in [0.15, 0.2) is 6.29 Å². The number of aromatic nitrogens is 2. The van der Waals surface area contributed by atoms with Crippen molar-refractivity contribution in [3.63, 3.8) is 0 Å². The number of amides is 1. The van der Waals surface area contributed by atoms with E-state index in [9.17, 15) is 9.18 Å². The van der Waals surface area contributed by atoms with E-state index in [0.717, 1.165) is 68.2 Å². The van der Waals surface area contributed by atoms with E-state index >= 15 is 0 Å². The van der Waals surface area contributed by atoms with Gasteiger partial charge in [-0.2, -0.15) is 0 Å². The maximum atomic E-state index is 14.5. The summed E-state index contributed by atoms with van der Waals surface area (Å²) in [7, 11) is 3.40. The zero-order chi connectivity index (χ0) is 26.1. The standard InChI is InChI=1S/C28H34BrFN4O3/c1-17-15-22-24(16-23(17)33-13-11-18(12-14-33)27(36-2)37-3)34(19-7-4-5-8-19)28(31-22)32-26(35)25-20(29)9-6-10-21(25)30/h6,9-10,15-16,18-19,27H,4-5,7-8,11-14H2,1-3H3,(H,31,32,35). The Labute approximate surface area is 225 Å². The molecule has 1 amide bonds. The van der Waals surface area contributed by atoms with Crippen LogP contribution < -0.4 is 10.2 Å². The summed E-state index contributed by atoms with van der Waals surface area (Å²) in [4.78, 5) is 20.4. The monoisotopic (exact) mass is 572 g/mol. The summed E-state index contributed by atoms with van der Waals surface area (Å²) < 4.78 is 28.1. The molecule has 37 heavy (non-hydrogen) atoms. The molecule has 0 unspecified atom stereocenters. The van der Waals surface area contributed by atoms with Crippen LogP contribution in [0.15, 0.2) is 34.8 Å². The second-order valence-corrected chi connectivity index (χ2v) is 10.9. The lowest BCUT2D eigenvalue weighted by Crippen LogP contribution is -2.39. The molecule has 1 aromatic heterocycles. The largest absolute Gasteiger partial charge is 0.371 e. The van der Waals surface area contributed by atoms with Crippen LogP contribution in [-0.4, -0.2) is 49.1 Å². The van der Waals surface area contributed by atoms with E-state index in [2.05, 4.69) is 49.8 Å². The lowest BCUT2D eigenvalue weighted by molar-refractivity contribution is -0.141. The predicted molar refractivity (Wildman–Crippen MR) is 147 cm³/mol. The number of hydrogen-bond acceptors (Lipinski definition) is 5. The molecule has 9 heteroatoms. The van der Waals surface area contributed by atoms with Crippen LogP contribution in [0.25, 0.3) is 11.0 Å². The fraction of sp³-hybridized carbons (Fsp3) is 0.500. The Morgan fingerprint density at radius 2 is 1.84 bits per heavy atom. The first-order chi connectivity index (χ1) is 17.9. The molecule has 5 rings (SSSR count). The molecule has 1 saturated heterocycles. The predicted octanol–water partition coefficient (Wildman–Crippen LogP) is 6.45. The number of fused-ring (bicyclic) bond motifs is 1. The van der Waals surface area contributed by atoms with Gasteiger partial charge in [0.1, 0.15) is 5.82 Å². The van der Waals surface area contributed by atoms with Crippen LogP contribution in [0.5, 0.6) is 0 Å². The van der Waals surface area contributed by atoms with Crippen LogP contribution in [0, 0.1) is 18.7 Å². The van der Waals surface area contributed by atoms with E-state index < -0.39 is 11.7 Å². The summed E-state index contributed by atoms with van der Waals surface area (Å²) in [5.74, 6) is -0.232. The highest BCUT2D eigenvalue weighted by atomic mass is 79.9. The van der Waals surface area contributed by atoms with E-state index in [1.165, 1.54) is 11.8 Å². The molecule has 7 nitrogen and oxygen atoms in total. The number of nitrogens with one attached hydrogen (secondary N) is 1. The molecule has 1 aliphatic heterocycles. The van der Waals surface area contributed by atoms with Crippen LogP contribution in [0.1, 0.15) is 60.5 Å². The third-order valence-corrected chi connectivity index (χ3v) is 8.50. The fourth-order valence-electron chi connectivity index (χ4n) is 5.97. The average molecular weight is 574 g/mol. The number of methoxy groups -OCH3 is 2. The number of hydrogen-bond donors (Lipinski definition) is 1. The SMILES string of the molecule is COC(OC)C1CCN(c2cc3c(cc2C)nc(NC(=O)c2c(F)cccc2Br)n3C2CCCC2)CC1. The van der Waals surface area contributed by atoms with Crippen molar-refractivity contribution in [1.29, 1.82) is 0 Å². The normalized spacial score (nSPS) is 17.3. The maximum absolute atomic E-state index is 14.5. The van der Waals surface area contributed by atoms with Gasteiger partial charge in [-0.3, -0.25) is 10.1 Å². The third-order valence-electron chi connectivity index (χ3n) is 7.84. The van der Waals surface area contributed by atoms with Gasteiger partial charge < -0.3 is 18.9 Å². The Kier molecular flexibility index (Phi) is 7.83.